The van der Waals surface area contributed by atoms with Crippen LogP contribution in [0.3, 0.4) is 0 Å². The van der Waals surface area contributed by atoms with Crippen molar-refractivity contribution in [1.82, 2.24) is 0 Å². The standard InChI is InChI=1S/C9H10N3O8/c1-3-20-9(19-2)7(11(15)16)4-6(10(13)14)5-8(9)12(17)18/h4-5H,3H2,1-2H3/q-1. The normalized spacial score (nSPS) is 22.0. The highest BCUT2D eigenvalue weighted by molar-refractivity contribution is 6.02. The molecule has 0 aromatic heterocycles. The Hall–Kier alpha value is -2.53. The summed E-state index contributed by atoms with van der Waals surface area (Å²) in [6, 6.07) is 0. The van der Waals surface area contributed by atoms with E-state index in [2.05, 4.69) is 0 Å². The molecule has 0 atom stereocenters. The van der Waals surface area contributed by atoms with Crippen molar-refractivity contribution in [2.24, 2.45) is 0 Å². The van der Waals surface area contributed by atoms with Gasteiger partial charge in [-0.05, 0) is 6.92 Å². The summed E-state index contributed by atoms with van der Waals surface area (Å²) in [4.78, 5) is 19.1. The molecule has 0 bridgehead atoms. The minimum atomic E-state index is -2.39. The summed E-state index contributed by atoms with van der Waals surface area (Å²) in [5.74, 6) is -2.39. The van der Waals surface area contributed by atoms with Crippen LogP contribution in [0.4, 0.5) is 0 Å². The van der Waals surface area contributed by atoms with E-state index in [1.165, 1.54) is 6.92 Å². The number of rotatable bonds is 5. The second-order valence-corrected chi connectivity index (χ2v) is 3.51. The number of methoxy groups -OCH3 is 1. The smallest absolute Gasteiger partial charge is 0.356 e. The zero-order valence-electron chi connectivity index (χ0n) is 10.5. The SMILES string of the molecule is CCOC1(OC)C([N+](=O)[O-])=CC(=[N+]([O-])[O-])C=C1[N+](=O)[O-]. The lowest BCUT2D eigenvalue weighted by Gasteiger charge is -2.27. The molecule has 0 unspecified atom stereocenters. The van der Waals surface area contributed by atoms with E-state index in [9.17, 15) is 30.6 Å². The van der Waals surface area contributed by atoms with Crippen molar-refractivity contribution in [2.45, 2.75) is 12.7 Å². The van der Waals surface area contributed by atoms with Crippen LogP contribution in [0, 0.1) is 30.6 Å². The van der Waals surface area contributed by atoms with Gasteiger partial charge in [-0.25, -0.2) is 0 Å². The van der Waals surface area contributed by atoms with E-state index >= 15 is 0 Å². The summed E-state index contributed by atoms with van der Waals surface area (Å²) in [7, 11) is 0.974. The summed E-state index contributed by atoms with van der Waals surface area (Å²) in [6.07, 6.45) is 1.15. The van der Waals surface area contributed by atoms with Crippen LogP contribution in [-0.4, -0.2) is 40.0 Å². The predicted molar refractivity (Wildman–Crippen MR) is 63.5 cm³/mol. The van der Waals surface area contributed by atoms with Crippen LogP contribution < -0.4 is 0 Å². The maximum Gasteiger partial charge on any atom is 0.356 e. The molecule has 0 aromatic carbocycles. The molecule has 0 saturated heterocycles. The van der Waals surface area contributed by atoms with Gasteiger partial charge in [0.15, 0.2) is 0 Å². The third-order valence-electron chi connectivity index (χ3n) is 2.48. The summed E-state index contributed by atoms with van der Waals surface area (Å²) in [6.45, 7) is 1.31. The minimum absolute atomic E-state index is 0.141. The lowest BCUT2D eigenvalue weighted by atomic mass is 10.0. The first kappa shape index (κ1) is 15.5. The molecule has 11 nitrogen and oxygen atoms in total. The summed E-state index contributed by atoms with van der Waals surface area (Å²) in [5, 5.41) is 43.5. The summed E-state index contributed by atoms with van der Waals surface area (Å²) in [5.41, 5.74) is -2.65. The molecule has 0 aliphatic heterocycles. The topological polar surface area (TPSA) is 154 Å². The highest BCUT2D eigenvalue weighted by Crippen LogP contribution is 2.35. The van der Waals surface area contributed by atoms with Gasteiger partial charge in [-0.2, -0.15) is 4.90 Å². The van der Waals surface area contributed by atoms with Crippen LogP contribution in [0.25, 0.3) is 0 Å². The van der Waals surface area contributed by atoms with Crippen molar-refractivity contribution in [1.29, 1.82) is 0 Å². The van der Waals surface area contributed by atoms with Crippen LogP contribution in [-0.2, 0) is 9.47 Å². The van der Waals surface area contributed by atoms with Gasteiger partial charge in [-0.15, -0.1) is 0 Å². The van der Waals surface area contributed by atoms with Crippen LogP contribution in [0.1, 0.15) is 6.92 Å². The van der Waals surface area contributed by atoms with Crippen LogP contribution >= 0.6 is 0 Å². The fourth-order valence-electron chi connectivity index (χ4n) is 1.71. The van der Waals surface area contributed by atoms with Crippen LogP contribution in [0.5, 0.6) is 0 Å². The Kier molecular flexibility index (Phi) is 4.37. The molecule has 0 aromatic rings. The molecule has 11 heteroatoms. The second-order valence-electron chi connectivity index (χ2n) is 3.51. The Morgan fingerprint density at radius 2 is 1.55 bits per heavy atom. The summed E-state index contributed by atoms with van der Waals surface area (Å²) >= 11 is 0. The number of nitro groups is 2. The van der Waals surface area contributed by atoms with Gasteiger partial charge in [-0.1, -0.05) is 0 Å². The van der Waals surface area contributed by atoms with E-state index in [-0.39, 0.29) is 6.61 Å². The largest absolute Gasteiger partial charge is 0.612 e. The molecule has 110 valence electrons. The minimum Gasteiger partial charge on any atom is -0.612 e. The molecular weight excluding hydrogens is 278 g/mol. The van der Waals surface area contributed by atoms with Gasteiger partial charge < -0.3 is 19.9 Å². The first-order valence-electron chi connectivity index (χ1n) is 5.23. The Balaban J connectivity index is 3.63. The lowest BCUT2D eigenvalue weighted by Crippen LogP contribution is -2.47. The molecule has 0 saturated carbocycles. The quantitative estimate of drug-likeness (QED) is 0.299. The molecule has 0 amide bonds. The Labute approximate surface area is 111 Å². The fourth-order valence-corrected chi connectivity index (χ4v) is 1.71. The van der Waals surface area contributed by atoms with Crippen molar-refractivity contribution < 1.29 is 24.2 Å². The zero-order chi connectivity index (χ0) is 15.5. The van der Waals surface area contributed by atoms with E-state index in [0.717, 1.165) is 7.11 Å². The molecule has 0 heterocycles. The van der Waals surface area contributed by atoms with Crippen LogP contribution in [0.15, 0.2) is 23.5 Å². The molecule has 0 N–H and O–H groups in total. The van der Waals surface area contributed by atoms with Gasteiger partial charge in [0.2, 0.25) is 5.71 Å². The number of allylic oxidation sites excluding steroid dienone is 2. The molecule has 1 aliphatic carbocycles. The third-order valence-corrected chi connectivity index (χ3v) is 2.48. The second kappa shape index (κ2) is 5.63. The van der Waals surface area contributed by atoms with E-state index in [0.29, 0.717) is 12.2 Å². The highest BCUT2D eigenvalue weighted by Gasteiger charge is 2.58. The lowest BCUT2D eigenvalue weighted by molar-refractivity contribution is -0.502. The average Bonchev–Trinajstić information content (AvgIpc) is 2.37. The van der Waals surface area contributed by atoms with Crippen molar-refractivity contribution in [3.63, 3.8) is 0 Å². The zero-order valence-corrected chi connectivity index (χ0v) is 10.5. The maximum absolute atomic E-state index is 11.0. The first-order chi connectivity index (χ1) is 9.30. The predicted octanol–water partition coefficient (Wildman–Crippen LogP) is 0.150. The fraction of sp³-hybridized carbons (Fsp3) is 0.444. The van der Waals surface area contributed by atoms with Gasteiger partial charge in [-0.3, -0.25) is 20.2 Å². The maximum atomic E-state index is 11.0. The van der Waals surface area contributed by atoms with E-state index in [4.69, 9.17) is 9.47 Å². The van der Waals surface area contributed by atoms with Crippen LogP contribution in [0.2, 0.25) is 0 Å². The first-order valence-corrected chi connectivity index (χ1v) is 5.23. The van der Waals surface area contributed by atoms with Crippen molar-refractivity contribution >= 4 is 5.71 Å². The van der Waals surface area contributed by atoms with Crippen molar-refractivity contribution in [3.8, 4) is 0 Å². The van der Waals surface area contributed by atoms with Gasteiger partial charge in [0, 0.05) is 13.7 Å². The molecule has 0 radical (unpaired) electrons. The number of nitrogens with zero attached hydrogens (tertiary/aromatic N) is 3. The number of hydrogen-bond acceptors (Lipinski definition) is 8. The summed E-state index contributed by atoms with van der Waals surface area (Å²) < 4.78 is 9.83. The highest BCUT2D eigenvalue weighted by atomic mass is 16.8. The van der Waals surface area contributed by atoms with Crippen molar-refractivity contribution in [3.05, 3.63) is 54.2 Å². The van der Waals surface area contributed by atoms with E-state index < -0.39 is 37.6 Å². The molecule has 1 aliphatic rings. The molecule has 1 rings (SSSR count). The number of hydrogen-bond donors (Lipinski definition) is 0. The van der Waals surface area contributed by atoms with Crippen molar-refractivity contribution in [2.75, 3.05) is 13.7 Å². The monoisotopic (exact) mass is 288 g/mol. The van der Waals surface area contributed by atoms with Gasteiger partial charge in [0.05, 0.1) is 22.0 Å². The van der Waals surface area contributed by atoms with E-state index in [1.807, 2.05) is 0 Å². The Morgan fingerprint density at radius 3 is 1.80 bits per heavy atom. The molecule has 0 fully saturated rings. The van der Waals surface area contributed by atoms with Gasteiger partial charge in [0.1, 0.15) is 0 Å². The molecule has 0 spiro atoms. The number of ether oxygens (including phenoxy) is 2. The molecule has 20 heavy (non-hydrogen) atoms. The van der Waals surface area contributed by atoms with Gasteiger partial charge >= 0.3 is 17.2 Å². The third kappa shape index (κ3) is 2.44. The average molecular weight is 288 g/mol. The Bertz CT molecular complexity index is 497. The molecular formula is C9H10N3O8-. The van der Waals surface area contributed by atoms with Gasteiger partial charge in [0.25, 0.3) is 0 Å². The van der Waals surface area contributed by atoms with E-state index in [1.54, 1.807) is 0 Å². The Morgan fingerprint density at radius 1 is 1.10 bits per heavy atom.